The molecule has 0 radical (unpaired) electrons. The summed E-state index contributed by atoms with van der Waals surface area (Å²) in [5.41, 5.74) is 0.288. The normalized spacial score (nSPS) is 10.5. The molecule has 2 N–H and O–H groups in total. The topological polar surface area (TPSA) is 88.9 Å². The van der Waals surface area contributed by atoms with Crippen molar-refractivity contribution in [2.45, 2.75) is 18.2 Å². The first-order valence-corrected chi connectivity index (χ1v) is 10.2. The van der Waals surface area contributed by atoms with E-state index in [1.807, 2.05) is 0 Å². The molecule has 0 aliphatic carbocycles. The molecule has 0 aliphatic rings. The van der Waals surface area contributed by atoms with Gasteiger partial charge in [0, 0.05) is 12.2 Å². The van der Waals surface area contributed by atoms with Crippen molar-refractivity contribution >= 4 is 29.3 Å². The lowest BCUT2D eigenvalue weighted by atomic mass is 10.2. The number of nitrogens with zero attached hydrogens (tertiary/aromatic N) is 3. The van der Waals surface area contributed by atoms with E-state index in [2.05, 4.69) is 27.4 Å². The fraction of sp³-hybridized carbons (Fsp3) is 0.143. The van der Waals surface area contributed by atoms with Crippen LogP contribution in [-0.2, 0) is 17.9 Å². The Morgan fingerprint density at radius 2 is 1.94 bits per heavy atom. The number of halogens is 2. The van der Waals surface area contributed by atoms with E-state index in [1.165, 1.54) is 36.4 Å². The quantitative estimate of drug-likeness (QED) is 0.391. The van der Waals surface area contributed by atoms with Crippen LogP contribution in [0.2, 0.25) is 0 Å². The van der Waals surface area contributed by atoms with Gasteiger partial charge in [-0.15, -0.1) is 16.8 Å². The van der Waals surface area contributed by atoms with Crippen LogP contribution in [0.4, 0.5) is 14.5 Å². The van der Waals surface area contributed by atoms with E-state index in [4.69, 9.17) is 0 Å². The average Bonchev–Trinajstić information content (AvgIpc) is 3.13. The zero-order valence-electron chi connectivity index (χ0n) is 16.3. The predicted molar refractivity (Wildman–Crippen MR) is 114 cm³/mol. The van der Waals surface area contributed by atoms with E-state index in [0.717, 1.165) is 11.8 Å². The Kier molecular flexibility index (Phi) is 7.50. The van der Waals surface area contributed by atoms with Gasteiger partial charge in [0.05, 0.1) is 17.9 Å². The molecule has 1 heterocycles. The van der Waals surface area contributed by atoms with Gasteiger partial charge < -0.3 is 15.2 Å². The highest BCUT2D eigenvalue weighted by atomic mass is 32.2. The number of thioether (sulfide) groups is 1. The molecule has 0 fully saturated rings. The lowest BCUT2D eigenvalue weighted by Crippen LogP contribution is -2.25. The highest BCUT2D eigenvalue weighted by Gasteiger charge is 2.16. The molecule has 1 aromatic heterocycles. The van der Waals surface area contributed by atoms with E-state index in [9.17, 15) is 18.4 Å². The van der Waals surface area contributed by atoms with Crippen LogP contribution in [0.25, 0.3) is 0 Å². The molecular weight excluding hydrogens is 424 g/mol. The number of anilines is 1. The summed E-state index contributed by atoms with van der Waals surface area (Å²) in [5, 5.41) is 13.8. The largest absolute Gasteiger partial charge is 0.345 e. The second-order valence-electron chi connectivity index (χ2n) is 6.31. The second kappa shape index (κ2) is 10.5. The van der Waals surface area contributed by atoms with Crippen molar-refractivity contribution in [2.75, 3.05) is 11.1 Å². The van der Waals surface area contributed by atoms with Gasteiger partial charge in [-0.05, 0) is 30.3 Å². The number of hydrogen-bond donors (Lipinski definition) is 2. The number of rotatable bonds is 9. The van der Waals surface area contributed by atoms with E-state index in [-0.39, 0.29) is 23.8 Å². The molecule has 0 saturated carbocycles. The SMILES string of the molecule is C=CCn1c(CNC(=O)c2ccccc2F)nnc1SCC(=O)Nc1cccc(F)c1. The molecule has 3 aromatic rings. The summed E-state index contributed by atoms with van der Waals surface area (Å²) < 4.78 is 28.7. The van der Waals surface area contributed by atoms with E-state index in [0.29, 0.717) is 23.2 Å². The maximum Gasteiger partial charge on any atom is 0.254 e. The molecule has 0 aliphatic heterocycles. The summed E-state index contributed by atoms with van der Waals surface area (Å²) in [6.07, 6.45) is 1.63. The number of carbonyl (C=O) groups excluding carboxylic acids is 2. The van der Waals surface area contributed by atoms with Crippen molar-refractivity contribution in [3.63, 3.8) is 0 Å². The molecule has 7 nitrogen and oxygen atoms in total. The standard InChI is InChI=1S/C21H19F2N5O2S/c1-2-10-28-18(12-24-20(30)16-8-3-4-9-17(16)23)26-27-21(28)31-13-19(29)25-15-7-5-6-14(22)11-15/h2-9,11H,1,10,12-13H2,(H,24,30)(H,25,29). The van der Waals surface area contributed by atoms with E-state index < -0.39 is 17.5 Å². The van der Waals surface area contributed by atoms with E-state index >= 15 is 0 Å². The highest BCUT2D eigenvalue weighted by Crippen LogP contribution is 2.18. The van der Waals surface area contributed by atoms with Crippen LogP contribution in [0.5, 0.6) is 0 Å². The third kappa shape index (κ3) is 5.98. The van der Waals surface area contributed by atoms with Crippen molar-refractivity contribution in [1.82, 2.24) is 20.1 Å². The Bertz CT molecular complexity index is 1100. The Morgan fingerprint density at radius 1 is 1.13 bits per heavy atom. The van der Waals surface area contributed by atoms with Crippen molar-refractivity contribution in [2.24, 2.45) is 0 Å². The van der Waals surface area contributed by atoms with Crippen LogP contribution >= 0.6 is 11.8 Å². The number of benzene rings is 2. The van der Waals surface area contributed by atoms with E-state index in [1.54, 1.807) is 22.8 Å². The van der Waals surface area contributed by atoms with Crippen molar-refractivity contribution in [3.8, 4) is 0 Å². The van der Waals surface area contributed by atoms with Crippen LogP contribution < -0.4 is 10.6 Å². The molecular formula is C21H19F2N5O2S. The van der Waals surface area contributed by atoms with Gasteiger partial charge in [-0.3, -0.25) is 9.59 Å². The van der Waals surface area contributed by atoms with Crippen molar-refractivity contribution < 1.29 is 18.4 Å². The average molecular weight is 443 g/mol. The highest BCUT2D eigenvalue weighted by molar-refractivity contribution is 7.99. The Balaban J connectivity index is 1.61. The number of carbonyl (C=O) groups is 2. The zero-order valence-corrected chi connectivity index (χ0v) is 17.2. The number of hydrogen-bond acceptors (Lipinski definition) is 5. The fourth-order valence-electron chi connectivity index (χ4n) is 2.66. The minimum absolute atomic E-state index is 0.0179. The first kappa shape index (κ1) is 22.2. The summed E-state index contributed by atoms with van der Waals surface area (Å²) in [6, 6.07) is 11.3. The third-order valence-corrected chi connectivity index (χ3v) is 5.04. The van der Waals surface area contributed by atoms with Crippen LogP contribution in [0, 0.1) is 11.6 Å². The van der Waals surface area contributed by atoms with Gasteiger partial charge >= 0.3 is 0 Å². The van der Waals surface area contributed by atoms with Crippen LogP contribution in [0.1, 0.15) is 16.2 Å². The summed E-state index contributed by atoms with van der Waals surface area (Å²) >= 11 is 1.14. The Labute approximate surface area is 181 Å². The van der Waals surface area contributed by atoms with Gasteiger partial charge in [-0.25, -0.2) is 8.78 Å². The molecule has 10 heteroatoms. The summed E-state index contributed by atoms with van der Waals surface area (Å²) in [5.74, 6) is -1.52. The number of nitrogens with one attached hydrogen (secondary N) is 2. The third-order valence-electron chi connectivity index (χ3n) is 4.07. The van der Waals surface area contributed by atoms with Gasteiger partial charge in [-0.1, -0.05) is 36.0 Å². The molecule has 0 atom stereocenters. The Morgan fingerprint density at radius 3 is 2.68 bits per heavy atom. The molecule has 2 aromatic carbocycles. The molecule has 0 bridgehead atoms. The molecule has 3 rings (SSSR count). The van der Waals surface area contributed by atoms with Gasteiger partial charge in [0.1, 0.15) is 11.6 Å². The summed E-state index contributed by atoms with van der Waals surface area (Å²) in [7, 11) is 0. The van der Waals surface area contributed by atoms with Crippen LogP contribution in [-0.4, -0.2) is 32.3 Å². The molecule has 31 heavy (non-hydrogen) atoms. The second-order valence-corrected chi connectivity index (χ2v) is 7.25. The smallest absolute Gasteiger partial charge is 0.254 e. The minimum atomic E-state index is -0.617. The predicted octanol–water partition coefficient (Wildman–Crippen LogP) is 3.40. The van der Waals surface area contributed by atoms with Gasteiger partial charge in [0.15, 0.2) is 11.0 Å². The van der Waals surface area contributed by atoms with Gasteiger partial charge in [0.25, 0.3) is 5.91 Å². The summed E-state index contributed by atoms with van der Waals surface area (Å²) in [6.45, 7) is 4.06. The molecule has 0 spiro atoms. The zero-order chi connectivity index (χ0) is 22.2. The number of amides is 2. The molecule has 0 saturated heterocycles. The lowest BCUT2D eigenvalue weighted by Gasteiger charge is -2.09. The first-order chi connectivity index (χ1) is 15.0. The van der Waals surface area contributed by atoms with Gasteiger partial charge in [0.2, 0.25) is 5.91 Å². The van der Waals surface area contributed by atoms with Gasteiger partial charge in [-0.2, -0.15) is 0 Å². The fourth-order valence-corrected chi connectivity index (χ4v) is 3.43. The van der Waals surface area contributed by atoms with Crippen LogP contribution in [0.3, 0.4) is 0 Å². The van der Waals surface area contributed by atoms with Crippen molar-refractivity contribution in [1.29, 1.82) is 0 Å². The Hall–Kier alpha value is -3.53. The number of allylic oxidation sites excluding steroid dienone is 1. The maximum absolute atomic E-state index is 13.8. The maximum atomic E-state index is 13.8. The van der Waals surface area contributed by atoms with Crippen molar-refractivity contribution in [3.05, 3.63) is 84.2 Å². The monoisotopic (exact) mass is 443 g/mol. The summed E-state index contributed by atoms with van der Waals surface area (Å²) in [4.78, 5) is 24.4. The molecule has 2 amide bonds. The molecule has 0 unspecified atom stereocenters. The van der Waals surface area contributed by atoms with Crippen LogP contribution in [0.15, 0.2) is 66.3 Å². The first-order valence-electron chi connectivity index (χ1n) is 9.22. The lowest BCUT2D eigenvalue weighted by molar-refractivity contribution is -0.113. The molecule has 160 valence electrons. The number of aromatic nitrogens is 3. The minimum Gasteiger partial charge on any atom is -0.345 e.